The van der Waals surface area contributed by atoms with Crippen LogP contribution in [0.2, 0.25) is 0 Å². The van der Waals surface area contributed by atoms with E-state index in [9.17, 15) is 4.79 Å². The van der Waals surface area contributed by atoms with Crippen molar-refractivity contribution in [2.75, 3.05) is 31.8 Å². The molecule has 0 saturated heterocycles. The third kappa shape index (κ3) is 3.06. The molecule has 0 spiro atoms. The van der Waals surface area contributed by atoms with Gasteiger partial charge in [0, 0.05) is 6.54 Å². The van der Waals surface area contributed by atoms with Gasteiger partial charge in [-0.25, -0.2) is 0 Å². The predicted molar refractivity (Wildman–Crippen MR) is 71.7 cm³/mol. The van der Waals surface area contributed by atoms with Crippen molar-refractivity contribution in [3.63, 3.8) is 0 Å². The molecule has 0 aliphatic carbocycles. The lowest BCUT2D eigenvalue weighted by Crippen LogP contribution is -2.33. The number of nitrogen functional groups attached to an aromatic ring is 1. The normalized spacial score (nSPS) is 10.9. The molecule has 1 rings (SSSR count). The van der Waals surface area contributed by atoms with Crippen molar-refractivity contribution >= 4 is 17.3 Å². The monoisotopic (exact) mass is 252 g/mol. The molecule has 18 heavy (non-hydrogen) atoms. The van der Waals surface area contributed by atoms with Crippen LogP contribution in [0.25, 0.3) is 0 Å². The Morgan fingerprint density at radius 1 is 1.39 bits per heavy atom. The number of nitrogens with two attached hydrogens (primary N) is 1. The molecule has 0 aliphatic heterocycles. The lowest BCUT2D eigenvalue weighted by atomic mass is 9.93. The Bertz CT molecular complexity index is 430. The summed E-state index contributed by atoms with van der Waals surface area (Å²) in [5, 5.41) is 3.14. The smallest absolute Gasteiger partial charge is 0.313 e. The number of methoxy groups -OCH3 is 2. The topological polar surface area (TPSA) is 73.6 Å². The van der Waals surface area contributed by atoms with Crippen molar-refractivity contribution < 1.29 is 14.3 Å². The molecule has 5 nitrogen and oxygen atoms in total. The van der Waals surface area contributed by atoms with Crippen LogP contribution in [-0.2, 0) is 9.53 Å². The lowest BCUT2D eigenvalue weighted by molar-refractivity contribution is -0.149. The van der Waals surface area contributed by atoms with Crippen LogP contribution in [0.15, 0.2) is 18.2 Å². The summed E-state index contributed by atoms with van der Waals surface area (Å²) in [5.74, 6) is 0.340. The molecule has 0 heterocycles. The number of hydrogen-bond acceptors (Lipinski definition) is 5. The summed E-state index contributed by atoms with van der Waals surface area (Å²) in [6.07, 6.45) is 0. The van der Waals surface area contributed by atoms with Crippen molar-refractivity contribution in [3.8, 4) is 5.75 Å². The first-order chi connectivity index (χ1) is 8.42. The van der Waals surface area contributed by atoms with Gasteiger partial charge < -0.3 is 20.5 Å². The molecule has 3 N–H and O–H groups in total. The SMILES string of the molecule is COC(=O)C(C)(C)CNc1cccc(OC)c1N. The van der Waals surface area contributed by atoms with Crippen LogP contribution in [0.3, 0.4) is 0 Å². The maximum atomic E-state index is 11.5. The standard InChI is InChI=1S/C13H20N2O3/c1-13(2,12(16)18-4)8-15-9-6-5-7-10(17-3)11(9)14/h5-7,15H,8,14H2,1-4H3. The average Bonchev–Trinajstić information content (AvgIpc) is 2.36. The molecule has 100 valence electrons. The van der Waals surface area contributed by atoms with E-state index in [1.807, 2.05) is 26.0 Å². The number of carbonyl (C=O) groups excluding carboxylic acids is 1. The maximum absolute atomic E-state index is 11.5. The number of hydrogen-bond donors (Lipinski definition) is 2. The van der Waals surface area contributed by atoms with E-state index in [-0.39, 0.29) is 5.97 Å². The summed E-state index contributed by atoms with van der Waals surface area (Å²) in [6.45, 7) is 4.04. The minimum Gasteiger partial charge on any atom is -0.495 e. The van der Waals surface area contributed by atoms with Gasteiger partial charge in [-0.2, -0.15) is 0 Å². The molecule has 0 atom stereocenters. The number of anilines is 2. The fourth-order valence-corrected chi connectivity index (χ4v) is 1.54. The fourth-order valence-electron chi connectivity index (χ4n) is 1.54. The Morgan fingerprint density at radius 2 is 2.06 bits per heavy atom. The second kappa shape index (κ2) is 5.62. The second-order valence-corrected chi connectivity index (χ2v) is 4.65. The van der Waals surface area contributed by atoms with Crippen molar-refractivity contribution in [1.29, 1.82) is 0 Å². The summed E-state index contributed by atoms with van der Waals surface area (Å²) < 4.78 is 9.87. The number of rotatable bonds is 5. The van der Waals surface area contributed by atoms with E-state index < -0.39 is 5.41 Å². The van der Waals surface area contributed by atoms with Gasteiger partial charge >= 0.3 is 5.97 Å². The highest BCUT2D eigenvalue weighted by atomic mass is 16.5. The number of para-hydroxylation sites is 1. The average molecular weight is 252 g/mol. The molecule has 0 bridgehead atoms. The second-order valence-electron chi connectivity index (χ2n) is 4.65. The van der Waals surface area contributed by atoms with E-state index in [0.29, 0.717) is 18.0 Å². The van der Waals surface area contributed by atoms with Crippen LogP contribution in [0, 0.1) is 5.41 Å². The minimum atomic E-state index is -0.621. The molecule has 0 radical (unpaired) electrons. The summed E-state index contributed by atoms with van der Waals surface area (Å²) in [4.78, 5) is 11.5. The zero-order valence-electron chi connectivity index (χ0n) is 11.2. The van der Waals surface area contributed by atoms with Crippen LogP contribution >= 0.6 is 0 Å². The van der Waals surface area contributed by atoms with Gasteiger partial charge in [-0.05, 0) is 26.0 Å². The van der Waals surface area contributed by atoms with Gasteiger partial charge in [0.15, 0.2) is 0 Å². The van der Waals surface area contributed by atoms with Gasteiger partial charge in [0.25, 0.3) is 0 Å². The minimum absolute atomic E-state index is 0.267. The largest absolute Gasteiger partial charge is 0.495 e. The summed E-state index contributed by atoms with van der Waals surface area (Å²) in [7, 11) is 2.94. The van der Waals surface area contributed by atoms with E-state index in [2.05, 4.69) is 5.32 Å². The zero-order chi connectivity index (χ0) is 13.8. The predicted octanol–water partition coefficient (Wildman–Crippen LogP) is 1.89. The molecule has 0 amide bonds. The molecule has 0 unspecified atom stereocenters. The van der Waals surface area contributed by atoms with E-state index >= 15 is 0 Å². The molecule has 0 aromatic heterocycles. The van der Waals surface area contributed by atoms with Crippen LogP contribution in [0.4, 0.5) is 11.4 Å². The quantitative estimate of drug-likeness (QED) is 0.618. The van der Waals surface area contributed by atoms with Gasteiger partial charge in [-0.15, -0.1) is 0 Å². The van der Waals surface area contributed by atoms with E-state index in [1.54, 1.807) is 13.2 Å². The van der Waals surface area contributed by atoms with E-state index in [4.69, 9.17) is 15.2 Å². The summed E-state index contributed by atoms with van der Waals surface area (Å²) >= 11 is 0. The third-order valence-electron chi connectivity index (χ3n) is 2.74. The van der Waals surface area contributed by atoms with Crippen LogP contribution in [-0.4, -0.2) is 26.7 Å². The van der Waals surface area contributed by atoms with Gasteiger partial charge in [0.1, 0.15) is 5.75 Å². The van der Waals surface area contributed by atoms with Gasteiger partial charge in [-0.1, -0.05) is 6.07 Å². The lowest BCUT2D eigenvalue weighted by Gasteiger charge is -2.23. The van der Waals surface area contributed by atoms with Crippen molar-refractivity contribution in [1.82, 2.24) is 0 Å². The van der Waals surface area contributed by atoms with E-state index in [1.165, 1.54) is 7.11 Å². The highest BCUT2D eigenvalue weighted by molar-refractivity contribution is 5.78. The molecule has 1 aromatic carbocycles. The number of carbonyl (C=O) groups is 1. The fraction of sp³-hybridized carbons (Fsp3) is 0.462. The van der Waals surface area contributed by atoms with Crippen LogP contribution in [0.1, 0.15) is 13.8 Å². The van der Waals surface area contributed by atoms with Gasteiger partial charge in [0.2, 0.25) is 0 Å². The Hall–Kier alpha value is -1.91. The number of nitrogens with one attached hydrogen (secondary N) is 1. The van der Waals surface area contributed by atoms with Crippen LogP contribution < -0.4 is 15.8 Å². The Balaban J connectivity index is 2.78. The Kier molecular flexibility index (Phi) is 4.42. The summed E-state index contributed by atoms with van der Waals surface area (Å²) in [6, 6.07) is 5.46. The van der Waals surface area contributed by atoms with Gasteiger partial charge in [0.05, 0.1) is 31.0 Å². The molecule has 1 aromatic rings. The molecular formula is C13H20N2O3. The first-order valence-corrected chi connectivity index (χ1v) is 5.67. The van der Waals surface area contributed by atoms with E-state index in [0.717, 1.165) is 5.69 Å². The van der Waals surface area contributed by atoms with Crippen LogP contribution in [0.5, 0.6) is 5.75 Å². The number of esters is 1. The number of benzene rings is 1. The number of ether oxygens (including phenoxy) is 2. The zero-order valence-corrected chi connectivity index (χ0v) is 11.2. The summed E-state index contributed by atoms with van der Waals surface area (Å²) in [5.41, 5.74) is 6.58. The molecule has 0 saturated carbocycles. The van der Waals surface area contributed by atoms with Crippen molar-refractivity contribution in [2.45, 2.75) is 13.8 Å². The highest BCUT2D eigenvalue weighted by Crippen LogP contribution is 2.30. The van der Waals surface area contributed by atoms with Crippen molar-refractivity contribution in [3.05, 3.63) is 18.2 Å². The first kappa shape index (κ1) is 14.2. The first-order valence-electron chi connectivity index (χ1n) is 5.67. The Labute approximate surface area is 107 Å². The Morgan fingerprint density at radius 3 is 2.61 bits per heavy atom. The maximum Gasteiger partial charge on any atom is 0.313 e. The van der Waals surface area contributed by atoms with Gasteiger partial charge in [-0.3, -0.25) is 4.79 Å². The third-order valence-corrected chi connectivity index (χ3v) is 2.74. The molecule has 0 fully saturated rings. The van der Waals surface area contributed by atoms with Crippen molar-refractivity contribution in [2.24, 2.45) is 5.41 Å². The molecular weight excluding hydrogens is 232 g/mol. The molecule has 0 aliphatic rings. The molecule has 5 heteroatoms. The highest BCUT2D eigenvalue weighted by Gasteiger charge is 2.28.